The highest BCUT2D eigenvalue weighted by atomic mass is 16.1. The second-order valence-corrected chi connectivity index (χ2v) is 5.44. The largest absolute Gasteiger partial charge is 0.342 e. The zero-order chi connectivity index (χ0) is 15.4. The van der Waals surface area contributed by atoms with Crippen LogP contribution in [0.1, 0.15) is 24.2 Å². The van der Waals surface area contributed by atoms with E-state index in [0.717, 1.165) is 35.4 Å². The Bertz CT molecular complexity index is 777. The SMILES string of the molecule is Cc1nc2ccc(NC(=O)CCCc3ccccc3)cc2[nH]1. The van der Waals surface area contributed by atoms with E-state index in [9.17, 15) is 4.79 Å². The zero-order valence-corrected chi connectivity index (χ0v) is 12.6. The number of aromatic nitrogens is 2. The number of aryl methyl sites for hydroxylation is 2. The molecule has 2 N–H and O–H groups in total. The summed E-state index contributed by atoms with van der Waals surface area (Å²) in [6.45, 7) is 1.92. The van der Waals surface area contributed by atoms with Crippen molar-refractivity contribution in [1.29, 1.82) is 0 Å². The molecular formula is C18H19N3O. The number of amides is 1. The van der Waals surface area contributed by atoms with Crippen molar-refractivity contribution in [3.05, 3.63) is 59.9 Å². The summed E-state index contributed by atoms with van der Waals surface area (Å²) < 4.78 is 0. The van der Waals surface area contributed by atoms with Crippen LogP contribution in [0.25, 0.3) is 11.0 Å². The summed E-state index contributed by atoms with van der Waals surface area (Å²) in [5.74, 6) is 0.924. The first-order valence-corrected chi connectivity index (χ1v) is 7.51. The highest BCUT2D eigenvalue weighted by molar-refractivity contribution is 5.93. The fourth-order valence-electron chi connectivity index (χ4n) is 2.54. The van der Waals surface area contributed by atoms with E-state index in [2.05, 4.69) is 27.4 Å². The van der Waals surface area contributed by atoms with E-state index in [0.29, 0.717) is 6.42 Å². The van der Waals surface area contributed by atoms with Crippen molar-refractivity contribution >= 4 is 22.6 Å². The molecule has 3 rings (SSSR count). The minimum absolute atomic E-state index is 0.0477. The Morgan fingerprint density at radius 2 is 2.00 bits per heavy atom. The van der Waals surface area contributed by atoms with Crippen LogP contribution >= 0.6 is 0 Å². The molecule has 3 aromatic rings. The molecule has 0 fully saturated rings. The molecule has 0 aliphatic heterocycles. The van der Waals surface area contributed by atoms with Crippen molar-refractivity contribution in [3.8, 4) is 0 Å². The molecule has 0 atom stereocenters. The molecule has 0 spiro atoms. The third-order valence-corrected chi connectivity index (χ3v) is 3.60. The molecule has 2 aromatic carbocycles. The minimum atomic E-state index is 0.0477. The molecule has 1 aromatic heterocycles. The van der Waals surface area contributed by atoms with Gasteiger partial charge in [0.1, 0.15) is 5.82 Å². The summed E-state index contributed by atoms with van der Waals surface area (Å²) in [6, 6.07) is 16.0. The van der Waals surface area contributed by atoms with Crippen molar-refractivity contribution < 1.29 is 4.79 Å². The van der Waals surface area contributed by atoms with Crippen LogP contribution in [0.3, 0.4) is 0 Å². The minimum Gasteiger partial charge on any atom is -0.342 e. The fraction of sp³-hybridized carbons (Fsp3) is 0.222. The number of hydrogen-bond acceptors (Lipinski definition) is 2. The number of benzene rings is 2. The van der Waals surface area contributed by atoms with Crippen molar-refractivity contribution in [3.63, 3.8) is 0 Å². The van der Waals surface area contributed by atoms with Crippen molar-refractivity contribution in [2.45, 2.75) is 26.2 Å². The summed E-state index contributed by atoms with van der Waals surface area (Å²) >= 11 is 0. The normalized spacial score (nSPS) is 10.8. The Hall–Kier alpha value is -2.62. The predicted molar refractivity (Wildman–Crippen MR) is 88.8 cm³/mol. The van der Waals surface area contributed by atoms with Gasteiger partial charge in [-0.05, 0) is 43.5 Å². The Kier molecular flexibility index (Phi) is 4.19. The number of H-pyrrole nitrogens is 1. The highest BCUT2D eigenvalue weighted by Gasteiger charge is 2.05. The smallest absolute Gasteiger partial charge is 0.224 e. The third-order valence-electron chi connectivity index (χ3n) is 3.60. The number of imidazole rings is 1. The van der Waals surface area contributed by atoms with Gasteiger partial charge in [-0.1, -0.05) is 30.3 Å². The van der Waals surface area contributed by atoms with Crippen LogP contribution in [0.15, 0.2) is 48.5 Å². The molecule has 0 unspecified atom stereocenters. The van der Waals surface area contributed by atoms with Gasteiger partial charge in [0, 0.05) is 12.1 Å². The Balaban J connectivity index is 1.54. The van der Waals surface area contributed by atoms with Gasteiger partial charge in [-0.2, -0.15) is 0 Å². The fourth-order valence-corrected chi connectivity index (χ4v) is 2.54. The molecule has 4 nitrogen and oxygen atoms in total. The first-order valence-electron chi connectivity index (χ1n) is 7.51. The van der Waals surface area contributed by atoms with Crippen molar-refractivity contribution in [2.75, 3.05) is 5.32 Å². The van der Waals surface area contributed by atoms with Crippen LogP contribution in [0.2, 0.25) is 0 Å². The molecule has 1 amide bonds. The molecule has 4 heteroatoms. The maximum absolute atomic E-state index is 12.0. The molecular weight excluding hydrogens is 274 g/mol. The molecule has 22 heavy (non-hydrogen) atoms. The van der Waals surface area contributed by atoms with Gasteiger partial charge in [0.2, 0.25) is 5.91 Å². The van der Waals surface area contributed by atoms with Crippen LogP contribution in [0.5, 0.6) is 0 Å². The number of fused-ring (bicyclic) bond motifs is 1. The van der Waals surface area contributed by atoms with Crippen LogP contribution in [0.4, 0.5) is 5.69 Å². The summed E-state index contributed by atoms with van der Waals surface area (Å²) in [5.41, 5.74) is 3.93. The number of anilines is 1. The lowest BCUT2D eigenvalue weighted by Crippen LogP contribution is -2.11. The lowest BCUT2D eigenvalue weighted by atomic mass is 10.1. The Morgan fingerprint density at radius 1 is 1.18 bits per heavy atom. The van der Waals surface area contributed by atoms with Crippen LogP contribution in [-0.2, 0) is 11.2 Å². The number of aromatic amines is 1. The van der Waals surface area contributed by atoms with E-state index in [1.54, 1.807) is 0 Å². The number of nitrogens with zero attached hydrogens (tertiary/aromatic N) is 1. The van der Waals surface area contributed by atoms with Crippen molar-refractivity contribution in [2.24, 2.45) is 0 Å². The van der Waals surface area contributed by atoms with Crippen LogP contribution in [0, 0.1) is 6.92 Å². The van der Waals surface area contributed by atoms with Gasteiger partial charge >= 0.3 is 0 Å². The predicted octanol–water partition coefficient (Wildman–Crippen LogP) is 3.83. The molecule has 0 saturated carbocycles. The number of hydrogen-bond donors (Lipinski definition) is 2. The van der Waals surface area contributed by atoms with Gasteiger partial charge in [0.05, 0.1) is 11.0 Å². The summed E-state index contributed by atoms with van der Waals surface area (Å²) in [6.07, 6.45) is 2.29. The van der Waals surface area contributed by atoms with E-state index in [1.807, 2.05) is 43.3 Å². The van der Waals surface area contributed by atoms with E-state index >= 15 is 0 Å². The molecule has 0 aliphatic carbocycles. The standard InChI is InChI=1S/C18H19N3O/c1-13-19-16-11-10-15(12-17(16)20-13)21-18(22)9-5-8-14-6-3-2-4-7-14/h2-4,6-7,10-12H,5,8-9H2,1H3,(H,19,20)(H,21,22). The summed E-state index contributed by atoms with van der Waals surface area (Å²) in [5, 5.41) is 2.94. The topological polar surface area (TPSA) is 57.8 Å². The summed E-state index contributed by atoms with van der Waals surface area (Å²) in [7, 11) is 0. The molecule has 0 aliphatic rings. The monoisotopic (exact) mass is 293 g/mol. The second-order valence-electron chi connectivity index (χ2n) is 5.44. The molecule has 0 bridgehead atoms. The first-order chi connectivity index (χ1) is 10.7. The quantitative estimate of drug-likeness (QED) is 0.751. The second kappa shape index (κ2) is 6.43. The average Bonchev–Trinajstić information content (AvgIpc) is 2.87. The van der Waals surface area contributed by atoms with E-state index in [4.69, 9.17) is 0 Å². The van der Waals surface area contributed by atoms with Gasteiger partial charge in [-0.3, -0.25) is 4.79 Å². The summed E-state index contributed by atoms with van der Waals surface area (Å²) in [4.78, 5) is 19.5. The Labute approximate surface area is 129 Å². The molecule has 0 saturated heterocycles. The van der Waals surface area contributed by atoms with E-state index in [-0.39, 0.29) is 5.91 Å². The molecule has 0 radical (unpaired) electrons. The number of rotatable bonds is 5. The van der Waals surface area contributed by atoms with Gasteiger partial charge in [0.25, 0.3) is 0 Å². The molecule has 112 valence electrons. The van der Waals surface area contributed by atoms with Gasteiger partial charge in [-0.15, -0.1) is 0 Å². The lowest BCUT2D eigenvalue weighted by molar-refractivity contribution is -0.116. The van der Waals surface area contributed by atoms with Gasteiger partial charge in [0.15, 0.2) is 0 Å². The average molecular weight is 293 g/mol. The zero-order valence-electron chi connectivity index (χ0n) is 12.6. The van der Waals surface area contributed by atoms with Gasteiger partial charge < -0.3 is 10.3 Å². The Morgan fingerprint density at radius 3 is 2.82 bits per heavy atom. The third kappa shape index (κ3) is 3.52. The van der Waals surface area contributed by atoms with Crippen LogP contribution < -0.4 is 5.32 Å². The van der Waals surface area contributed by atoms with Crippen LogP contribution in [-0.4, -0.2) is 15.9 Å². The van der Waals surface area contributed by atoms with Crippen molar-refractivity contribution in [1.82, 2.24) is 9.97 Å². The first kappa shape index (κ1) is 14.3. The highest BCUT2D eigenvalue weighted by Crippen LogP contribution is 2.17. The number of carbonyl (C=O) groups excluding carboxylic acids is 1. The van der Waals surface area contributed by atoms with Gasteiger partial charge in [-0.25, -0.2) is 4.98 Å². The lowest BCUT2D eigenvalue weighted by Gasteiger charge is -2.05. The maximum atomic E-state index is 12.0. The number of nitrogens with one attached hydrogen (secondary N) is 2. The number of carbonyl (C=O) groups is 1. The maximum Gasteiger partial charge on any atom is 0.224 e. The van der Waals surface area contributed by atoms with E-state index in [1.165, 1.54) is 5.56 Å². The molecule has 1 heterocycles. The van der Waals surface area contributed by atoms with E-state index < -0.39 is 0 Å².